The third-order valence-corrected chi connectivity index (χ3v) is 4.30. The second-order valence-corrected chi connectivity index (χ2v) is 5.99. The second kappa shape index (κ2) is 6.71. The number of carbonyl (C=O) groups is 1. The van der Waals surface area contributed by atoms with Gasteiger partial charge in [0.05, 0.1) is 23.5 Å². The average Bonchev–Trinajstić information content (AvgIpc) is 3.09. The highest BCUT2D eigenvalue weighted by molar-refractivity contribution is 6.99. The summed E-state index contributed by atoms with van der Waals surface area (Å²) in [6, 6.07) is 2.42. The molecule has 2 aromatic heterocycles. The first kappa shape index (κ1) is 16.6. The minimum Gasteiger partial charge on any atom is -0.356 e. The molecule has 0 bridgehead atoms. The van der Waals surface area contributed by atoms with E-state index < -0.39 is 11.7 Å². The second-order valence-electron chi connectivity index (χ2n) is 5.43. The molecule has 3 rings (SSSR count). The van der Waals surface area contributed by atoms with Gasteiger partial charge in [-0.2, -0.15) is 21.9 Å². The van der Waals surface area contributed by atoms with Crippen molar-refractivity contribution < 1.29 is 18.0 Å². The zero-order valence-electron chi connectivity index (χ0n) is 12.5. The smallest absolute Gasteiger partial charge is 0.356 e. The Morgan fingerprint density at radius 2 is 2.00 bits per heavy atom. The lowest BCUT2D eigenvalue weighted by Gasteiger charge is -2.33. The SMILES string of the molecule is O=C(NC1CCN(c2ccc(C(F)(F)F)cn2)CC1)c1cnsn1. The Bertz CT molecular complexity index is 681. The van der Waals surface area contributed by atoms with Crippen molar-refractivity contribution in [3.63, 3.8) is 0 Å². The summed E-state index contributed by atoms with van der Waals surface area (Å²) >= 11 is 0.973. The van der Waals surface area contributed by atoms with Crippen LogP contribution in [0.1, 0.15) is 28.9 Å². The lowest BCUT2D eigenvalue weighted by Crippen LogP contribution is -2.45. The molecule has 0 aliphatic carbocycles. The van der Waals surface area contributed by atoms with Crippen LogP contribution in [0.5, 0.6) is 0 Å². The van der Waals surface area contributed by atoms with Crippen molar-refractivity contribution in [3.05, 3.63) is 35.8 Å². The van der Waals surface area contributed by atoms with Crippen LogP contribution >= 0.6 is 11.7 Å². The molecule has 24 heavy (non-hydrogen) atoms. The highest BCUT2D eigenvalue weighted by Gasteiger charge is 2.31. The summed E-state index contributed by atoms with van der Waals surface area (Å²) < 4.78 is 45.3. The largest absolute Gasteiger partial charge is 0.417 e. The number of nitrogens with zero attached hydrogens (tertiary/aromatic N) is 4. The maximum Gasteiger partial charge on any atom is 0.417 e. The molecule has 1 fully saturated rings. The number of hydrogen-bond donors (Lipinski definition) is 1. The Hall–Kier alpha value is -2.23. The van der Waals surface area contributed by atoms with Gasteiger partial charge in [0.15, 0.2) is 5.69 Å². The van der Waals surface area contributed by atoms with Gasteiger partial charge in [0.25, 0.3) is 5.91 Å². The van der Waals surface area contributed by atoms with Gasteiger partial charge in [0.2, 0.25) is 0 Å². The number of piperidine rings is 1. The standard InChI is InChI=1S/C14H14F3N5OS/c15-14(16,17)9-1-2-12(18-7-9)22-5-3-10(4-6-22)20-13(23)11-8-19-24-21-11/h1-2,7-8,10H,3-6H2,(H,20,23). The third-order valence-electron chi connectivity index (χ3n) is 3.82. The quantitative estimate of drug-likeness (QED) is 0.913. The fraction of sp³-hybridized carbons (Fsp3) is 0.429. The molecule has 128 valence electrons. The molecule has 1 N–H and O–H groups in total. The summed E-state index contributed by atoms with van der Waals surface area (Å²) in [5.74, 6) is 0.256. The van der Waals surface area contributed by atoms with Crippen LogP contribution in [0, 0.1) is 0 Å². The first-order chi connectivity index (χ1) is 11.4. The zero-order valence-corrected chi connectivity index (χ0v) is 13.3. The highest BCUT2D eigenvalue weighted by Crippen LogP contribution is 2.29. The molecule has 0 radical (unpaired) electrons. The van der Waals surface area contributed by atoms with Crippen molar-refractivity contribution in [1.29, 1.82) is 0 Å². The summed E-state index contributed by atoms with van der Waals surface area (Å²) in [6.07, 6.45) is -0.745. The summed E-state index contributed by atoms with van der Waals surface area (Å²) in [5.41, 5.74) is -0.461. The summed E-state index contributed by atoms with van der Waals surface area (Å²) in [6.45, 7) is 1.22. The lowest BCUT2D eigenvalue weighted by molar-refractivity contribution is -0.137. The fourth-order valence-corrected chi connectivity index (χ4v) is 2.93. The summed E-state index contributed by atoms with van der Waals surface area (Å²) in [4.78, 5) is 17.7. The van der Waals surface area contributed by atoms with Crippen molar-refractivity contribution in [1.82, 2.24) is 19.0 Å². The summed E-state index contributed by atoms with van der Waals surface area (Å²) in [7, 11) is 0. The van der Waals surface area contributed by atoms with E-state index in [-0.39, 0.29) is 11.9 Å². The predicted molar refractivity (Wildman–Crippen MR) is 81.8 cm³/mol. The van der Waals surface area contributed by atoms with Crippen LogP contribution in [0.15, 0.2) is 24.5 Å². The maximum absolute atomic E-state index is 12.5. The number of nitrogens with one attached hydrogen (secondary N) is 1. The van der Waals surface area contributed by atoms with Gasteiger partial charge in [-0.15, -0.1) is 0 Å². The van der Waals surface area contributed by atoms with Crippen molar-refractivity contribution in [3.8, 4) is 0 Å². The van der Waals surface area contributed by atoms with Crippen molar-refractivity contribution in [2.24, 2.45) is 0 Å². The van der Waals surface area contributed by atoms with Crippen LogP contribution in [0.3, 0.4) is 0 Å². The van der Waals surface area contributed by atoms with Crippen molar-refractivity contribution in [2.75, 3.05) is 18.0 Å². The van der Waals surface area contributed by atoms with Crippen LogP contribution < -0.4 is 10.2 Å². The van der Waals surface area contributed by atoms with Crippen molar-refractivity contribution >= 4 is 23.5 Å². The molecular formula is C14H14F3N5OS. The number of aromatic nitrogens is 3. The van der Waals surface area contributed by atoms with E-state index in [1.54, 1.807) is 0 Å². The zero-order chi connectivity index (χ0) is 17.2. The van der Waals surface area contributed by atoms with Gasteiger partial charge >= 0.3 is 6.18 Å². The normalized spacial score (nSPS) is 16.2. The van der Waals surface area contributed by atoms with Gasteiger partial charge < -0.3 is 10.2 Å². The van der Waals surface area contributed by atoms with Gasteiger partial charge in [0.1, 0.15) is 5.82 Å². The van der Waals surface area contributed by atoms with E-state index in [9.17, 15) is 18.0 Å². The van der Waals surface area contributed by atoms with Gasteiger partial charge in [-0.25, -0.2) is 4.98 Å². The molecule has 1 saturated heterocycles. The molecule has 10 heteroatoms. The molecule has 3 heterocycles. The molecule has 2 aromatic rings. The van der Waals surface area contributed by atoms with E-state index in [1.807, 2.05) is 4.90 Å². The first-order valence-electron chi connectivity index (χ1n) is 7.30. The fourth-order valence-electron chi connectivity index (χ4n) is 2.52. The number of carbonyl (C=O) groups excluding carboxylic acids is 1. The molecule has 0 unspecified atom stereocenters. The predicted octanol–water partition coefficient (Wildman–Crippen LogP) is 2.35. The lowest BCUT2D eigenvalue weighted by atomic mass is 10.0. The molecule has 6 nitrogen and oxygen atoms in total. The molecule has 1 amide bonds. The maximum atomic E-state index is 12.5. The van der Waals surface area contributed by atoms with Crippen LogP contribution in [0.4, 0.5) is 19.0 Å². The molecule has 0 atom stereocenters. The minimum absolute atomic E-state index is 0.00454. The average molecular weight is 357 g/mol. The molecule has 0 saturated carbocycles. The Labute approximate surface area is 140 Å². The van der Waals surface area contributed by atoms with E-state index in [1.165, 1.54) is 12.3 Å². The number of alkyl halides is 3. The third kappa shape index (κ3) is 3.81. The Kier molecular flexibility index (Phi) is 4.65. The number of halogens is 3. The molecule has 0 aromatic carbocycles. The molecule has 1 aliphatic rings. The first-order valence-corrected chi connectivity index (χ1v) is 8.03. The number of rotatable bonds is 3. The monoisotopic (exact) mass is 357 g/mol. The topological polar surface area (TPSA) is 71.0 Å². The van der Waals surface area contributed by atoms with Gasteiger partial charge in [-0.05, 0) is 25.0 Å². The Morgan fingerprint density at radius 1 is 1.25 bits per heavy atom. The van der Waals surface area contributed by atoms with E-state index in [2.05, 4.69) is 19.0 Å². The molecule has 0 spiro atoms. The van der Waals surface area contributed by atoms with Crippen molar-refractivity contribution in [2.45, 2.75) is 25.1 Å². The van der Waals surface area contributed by atoms with E-state index >= 15 is 0 Å². The van der Waals surface area contributed by atoms with Crippen LogP contribution in [0.2, 0.25) is 0 Å². The Morgan fingerprint density at radius 3 is 2.54 bits per heavy atom. The van der Waals surface area contributed by atoms with Crippen LogP contribution in [-0.2, 0) is 6.18 Å². The van der Waals surface area contributed by atoms with Gasteiger partial charge in [-0.3, -0.25) is 4.79 Å². The van der Waals surface area contributed by atoms with E-state index in [0.29, 0.717) is 37.4 Å². The summed E-state index contributed by atoms with van der Waals surface area (Å²) in [5, 5.41) is 2.89. The Balaban J connectivity index is 1.54. The molecule has 1 aliphatic heterocycles. The minimum atomic E-state index is -4.38. The number of anilines is 1. The number of amides is 1. The van der Waals surface area contributed by atoms with E-state index in [0.717, 1.165) is 24.0 Å². The van der Waals surface area contributed by atoms with Crippen LogP contribution in [0.25, 0.3) is 0 Å². The number of hydrogen-bond acceptors (Lipinski definition) is 6. The van der Waals surface area contributed by atoms with Gasteiger partial charge in [-0.1, -0.05) is 0 Å². The van der Waals surface area contributed by atoms with Crippen LogP contribution in [-0.4, -0.2) is 38.8 Å². The highest BCUT2D eigenvalue weighted by atomic mass is 32.1. The van der Waals surface area contributed by atoms with Gasteiger partial charge in [0, 0.05) is 25.3 Å². The molecular weight excluding hydrogens is 343 g/mol. The van der Waals surface area contributed by atoms with E-state index in [4.69, 9.17) is 0 Å². The number of pyridine rings is 1.